The van der Waals surface area contributed by atoms with Gasteiger partial charge in [0.15, 0.2) is 11.5 Å². The van der Waals surface area contributed by atoms with Crippen molar-refractivity contribution in [3.63, 3.8) is 0 Å². The number of likely N-dealkylation sites (tertiary alicyclic amines) is 1. The van der Waals surface area contributed by atoms with Crippen molar-refractivity contribution in [2.75, 3.05) is 32.8 Å². The van der Waals surface area contributed by atoms with Crippen molar-refractivity contribution in [1.82, 2.24) is 4.90 Å². The molecule has 3 rings (SSSR count). The summed E-state index contributed by atoms with van der Waals surface area (Å²) < 4.78 is 11.3. The maximum Gasteiger partial charge on any atom is 0.161 e. The lowest BCUT2D eigenvalue weighted by atomic mass is 9.92. The van der Waals surface area contributed by atoms with Gasteiger partial charge in [-0.15, -0.1) is 0 Å². The number of benzene rings is 1. The summed E-state index contributed by atoms with van der Waals surface area (Å²) in [5.41, 5.74) is 7.03. The highest BCUT2D eigenvalue weighted by molar-refractivity contribution is 5.44. The zero-order valence-electron chi connectivity index (χ0n) is 12.9. The number of rotatable bonds is 4. The molecule has 0 amide bonds. The highest BCUT2D eigenvalue weighted by atomic mass is 16.6. The van der Waals surface area contributed by atoms with Crippen LogP contribution in [0.15, 0.2) is 18.2 Å². The van der Waals surface area contributed by atoms with E-state index in [4.69, 9.17) is 15.2 Å². The second kappa shape index (κ2) is 6.67. The van der Waals surface area contributed by atoms with Crippen LogP contribution >= 0.6 is 0 Å². The van der Waals surface area contributed by atoms with Gasteiger partial charge >= 0.3 is 0 Å². The second-order valence-corrected chi connectivity index (χ2v) is 6.16. The molecule has 1 fully saturated rings. The van der Waals surface area contributed by atoms with E-state index in [0.717, 1.165) is 36.9 Å². The van der Waals surface area contributed by atoms with Crippen LogP contribution in [0.2, 0.25) is 0 Å². The van der Waals surface area contributed by atoms with E-state index in [1.807, 2.05) is 6.07 Å². The number of nitrogens with zero attached hydrogens (tertiary/aromatic N) is 1. The van der Waals surface area contributed by atoms with Gasteiger partial charge < -0.3 is 15.2 Å². The molecule has 4 heteroatoms. The van der Waals surface area contributed by atoms with Gasteiger partial charge in [-0.1, -0.05) is 6.07 Å². The number of ether oxygens (including phenoxy) is 2. The molecule has 4 nitrogen and oxygen atoms in total. The molecule has 2 atom stereocenters. The van der Waals surface area contributed by atoms with Crippen LogP contribution < -0.4 is 15.2 Å². The molecule has 1 aromatic carbocycles. The minimum atomic E-state index is 0.418. The topological polar surface area (TPSA) is 47.7 Å². The number of fused-ring (bicyclic) bond motifs is 1. The van der Waals surface area contributed by atoms with Crippen molar-refractivity contribution < 1.29 is 9.47 Å². The summed E-state index contributed by atoms with van der Waals surface area (Å²) in [7, 11) is 0. The first-order valence-corrected chi connectivity index (χ1v) is 8.11. The number of piperidine rings is 1. The lowest BCUT2D eigenvalue weighted by molar-refractivity contribution is 0.127. The fourth-order valence-corrected chi connectivity index (χ4v) is 3.45. The number of nitrogens with two attached hydrogens (primary N) is 1. The molecule has 0 bridgehead atoms. The first-order chi connectivity index (χ1) is 10.3. The molecule has 21 heavy (non-hydrogen) atoms. The van der Waals surface area contributed by atoms with Gasteiger partial charge in [-0.2, -0.15) is 0 Å². The van der Waals surface area contributed by atoms with Gasteiger partial charge in [0.05, 0.1) is 0 Å². The van der Waals surface area contributed by atoms with E-state index in [1.54, 1.807) is 0 Å². The largest absolute Gasteiger partial charge is 0.486 e. The molecule has 2 heterocycles. The van der Waals surface area contributed by atoms with Crippen molar-refractivity contribution in [3.05, 3.63) is 23.8 Å². The zero-order valence-corrected chi connectivity index (χ0v) is 12.9. The van der Waals surface area contributed by atoms with Gasteiger partial charge in [0.25, 0.3) is 0 Å². The Labute approximate surface area is 127 Å². The van der Waals surface area contributed by atoms with E-state index in [1.165, 1.54) is 24.9 Å². The van der Waals surface area contributed by atoms with Gasteiger partial charge in [0.2, 0.25) is 0 Å². The third-order valence-electron chi connectivity index (χ3n) is 4.72. The lowest BCUT2D eigenvalue weighted by Gasteiger charge is -2.37. The summed E-state index contributed by atoms with van der Waals surface area (Å²) in [5, 5.41) is 0. The fraction of sp³-hybridized carbons (Fsp3) is 0.647. The zero-order chi connectivity index (χ0) is 14.7. The molecule has 1 saturated heterocycles. The molecule has 0 radical (unpaired) electrons. The third kappa shape index (κ3) is 3.33. The smallest absolute Gasteiger partial charge is 0.161 e. The normalized spacial score (nSPS) is 23.8. The summed E-state index contributed by atoms with van der Waals surface area (Å²) in [5.74, 6) is 2.52. The van der Waals surface area contributed by atoms with Gasteiger partial charge in [-0.05, 0) is 62.9 Å². The Morgan fingerprint density at radius 1 is 1.29 bits per heavy atom. The first kappa shape index (κ1) is 14.7. The molecule has 2 unspecified atom stereocenters. The Balaban J connectivity index is 1.70. The van der Waals surface area contributed by atoms with E-state index in [0.29, 0.717) is 19.3 Å². The molecule has 2 N–H and O–H groups in total. The predicted octanol–water partition coefficient (Wildman–Crippen LogP) is 2.58. The van der Waals surface area contributed by atoms with Crippen LogP contribution in [0, 0.1) is 5.92 Å². The Morgan fingerprint density at radius 2 is 2.10 bits per heavy atom. The van der Waals surface area contributed by atoms with Crippen molar-refractivity contribution >= 4 is 0 Å². The first-order valence-electron chi connectivity index (χ1n) is 8.11. The lowest BCUT2D eigenvalue weighted by Crippen LogP contribution is -2.37. The van der Waals surface area contributed by atoms with E-state index in [9.17, 15) is 0 Å². The highest BCUT2D eigenvalue weighted by Crippen LogP contribution is 2.35. The molecule has 0 aromatic heterocycles. The summed E-state index contributed by atoms with van der Waals surface area (Å²) >= 11 is 0. The Morgan fingerprint density at radius 3 is 2.90 bits per heavy atom. The van der Waals surface area contributed by atoms with Crippen molar-refractivity contribution in [2.24, 2.45) is 11.7 Å². The Bertz CT molecular complexity index is 476. The van der Waals surface area contributed by atoms with E-state index in [-0.39, 0.29) is 0 Å². The van der Waals surface area contributed by atoms with Crippen LogP contribution in [0.3, 0.4) is 0 Å². The third-order valence-corrected chi connectivity index (χ3v) is 4.72. The molecule has 0 aliphatic carbocycles. The minimum absolute atomic E-state index is 0.418. The molecular formula is C17H26N2O2. The summed E-state index contributed by atoms with van der Waals surface area (Å²) in [4.78, 5) is 2.58. The average molecular weight is 290 g/mol. The second-order valence-electron chi connectivity index (χ2n) is 6.16. The molecule has 2 aliphatic rings. The molecule has 0 spiro atoms. The highest BCUT2D eigenvalue weighted by Gasteiger charge is 2.25. The van der Waals surface area contributed by atoms with Crippen LogP contribution in [-0.2, 0) is 0 Å². The minimum Gasteiger partial charge on any atom is -0.486 e. The SMILES string of the molecule is CC(c1ccc2c(c1)OCCO2)N1CCCC(CCN)C1. The van der Waals surface area contributed by atoms with Crippen LogP contribution in [0.1, 0.15) is 37.8 Å². The van der Waals surface area contributed by atoms with Crippen molar-refractivity contribution in [2.45, 2.75) is 32.2 Å². The number of hydrogen-bond acceptors (Lipinski definition) is 4. The molecular weight excluding hydrogens is 264 g/mol. The maximum absolute atomic E-state index is 5.72. The Kier molecular flexibility index (Phi) is 4.66. The fourth-order valence-electron chi connectivity index (χ4n) is 3.45. The number of hydrogen-bond donors (Lipinski definition) is 1. The maximum atomic E-state index is 5.72. The van der Waals surface area contributed by atoms with Gasteiger partial charge in [-0.3, -0.25) is 4.90 Å². The van der Waals surface area contributed by atoms with Gasteiger partial charge in [0.1, 0.15) is 13.2 Å². The summed E-state index contributed by atoms with van der Waals surface area (Å²) in [6.07, 6.45) is 3.74. The monoisotopic (exact) mass is 290 g/mol. The molecule has 0 saturated carbocycles. The van der Waals surface area contributed by atoms with E-state index in [2.05, 4.69) is 24.0 Å². The Hall–Kier alpha value is -1.26. The van der Waals surface area contributed by atoms with Crippen LogP contribution in [0.4, 0.5) is 0 Å². The van der Waals surface area contributed by atoms with Crippen molar-refractivity contribution in [1.29, 1.82) is 0 Å². The quantitative estimate of drug-likeness (QED) is 0.926. The van der Waals surface area contributed by atoms with Gasteiger partial charge in [-0.25, -0.2) is 0 Å². The molecule has 1 aromatic rings. The summed E-state index contributed by atoms with van der Waals surface area (Å²) in [6.45, 7) is 6.72. The molecule has 2 aliphatic heterocycles. The van der Waals surface area contributed by atoms with Crippen LogP contribution in [-0.4, -0.2) is 37.7 Å². The predicted molar refractivity (Wildman–Crippen MR) is 83.8 cm³/mol. The van der Waals surface area contributed by atoms with Gasteiger partial charge in [0, 0.05) is 12.6 Å². The van der Waals surface area contributed by atoms with E-state index >= 15 is 0 Å². The van der Waals surface area contributed by atoms with Crippen LogP contribution in [0.5, 0.6) is 11.5 Å². The van der Waals surface area contributed by atoms with Crippen LogP contribution in [0.25, 0.3) is 0 Å². The average Bonchev–Trinajstić information content (AvgIpc) is 2.54. The molecule has 116 valence electrons. The van der Waals surface area contributed by atoms with Crippen molar-refractivity contribution in [3.8, 4) is 11.5 Å². The van der Waals surface area contributed by atoms with E-state index < -0.39 is 0 Å². The summed E-state index contributed by atoms with van der Waals surface area (Å²) in [6, 6.07) is 6.78. The standard InChI is InChI=1S/C17H26N2O2/c1-13(19-8-2-3-14(12-19)6-7-18)15-4-5-16-17(11-15)21-10-9-20-16/h4-5,11,13-14H,2-3,6-10,12,18H2,1H3.